The van der Waals surface area contributed by atoms with E-state index in [1.807, 2.05) is 6.92 Å². The standard InChI is InChI=1S/C17H26N2O5S/c1-4-24-16-10-14(7-8-15(16)23-2)17(20)19-9-5-6-13(12-19)11-18-25(3,21)22/h7-8,10,13,18H,4-6,9,11-12H2,1-3H3. The maximum absolute atomic E-state index is 12.8. The van der Waals surface area contributed by atoms with Crippen molar-refractivity contribution in [2.75, 3.05) is 39.6 Å². The number of ether oxygens (including phenoxy) is 2. The molecule has 0 saturated carbocycles. The largest absolute Gasteiger partial charge is 0.493 e. The van der Waals surface area contributed by atoms with E-state index in [4.69, 9.17) is 9.47 Å². The number of methoxy groups -OCH3 is 1. The molecule has 1 fully saturated rings. The van der Waals surface area contributed by atoms with E-state index in [2.05, 4.69) is 4.72 Å². The van der Waals surface area contributed by atoms with Gasteiger partial charge in [-0.1, -0.05) is 0 Å². The molecule has 1 heterocycles. The maximum Gasteiger partial charge on any atom is 0.254 e. The molecule has 1 aromatic rings. The lowest BCUT2D eigenvalue weighted by molar-refractivity contribution is 0.0676. The van der Waals surface area contributed by atoms with Crippen molar-refractivity contribution in [1.29, 1.82) is 0 Å². The molecular formula is C17H26N2O5S. The second-order valence-corrected chi connectivity index (χ2v) is 8.01. The summed E-state index contributed by atoms with van der Waals surface area (Å²) in [7, 11) is -1.66. The van der Waals surface area contributed by atoms with Crippen LogP contribution in [0.5, 0.6) is 11.5 Å². The third-order valence-electron chi connectivity index (χ3n) is 4.15. The van der Waals surface area contributed by atoms with Crippen LogP contribution in [0.4, 0.5) is 0 Å². The minimum absolute atomic E-state index is 0.0762. The van der Waals surface area contributed by atoms with Gasteiger partial charge >= 0.3 is 0 Å². The van der Waals surface area contributed by atoms with E-state index in [0.29, 0.717) is 43.3 Å². The van der Waals surface area contributed by atoms with Crippen LogP contribution in [0.2, 0.25) is 0 Å². The van der Waals surface area contributed by atoms with E-state index >= 15 is 0 Å². The predicted octanol–water partition coefficient (Wildman–Crippen LogP) is 1.50. The second kappa shape index (κ2) is 8.53. The van der Waals surface area contributed by atoms with E-state index < -0.39 is 10.0 Å². The Bertz CT molecular complexity index is 705. The fourth-order valence-corrected chi connectivity index (χ4v) is 3.48. The van der Waals surface area contributed by atoms with E-state index in [9.17, 15) is 13.2 Å². The van der Waals surface area contributed by atoms with Gasteiger partial charge in [0.25, 0.3) is 5.91 Å². The highest BCUT2D eigenvalue weighted by molar-refractivity contribution is 7.88. The number of carbonyl (C=O) groups is 1. The second-order valence-electron chi connectivity index (χ2n) is 6.18. The summed E-state index contributed by atoms with van der Waals surface area (Å²) in [5.74, 6) is 1.18. The van der Waals surface area contributed by atoms with Gasteiger partial charge in [0.15, 0.2) is 11.5 Å². The maximum atomic E-state index is 12.8. The molecule has 0 bridgehead atoms. The van der Waals surface area contributed by atoms with Gasteiger partial charge in [-0.2, -0.15) is 0 Å². The third kappa shape index (κ3) is 5.61. The zero-order valence-electron chi connectivity index (χ0n) is 14.9. The van der Waals surface area contributed by atoms with Gasteiger partial charge in [-0.25, -0.2) is 13.1 Å². The number of likely N-dealkylation sites (tertiary alicyclic amines) is 1. The lowest BCUT2D eigenvalue weighted by Gasteiger charge is -2.33. The number of hydrogen-bond donors (Lipinski definition) is 1. The number of benzene rings is 1. The van der Waals surface area contributed by atoms with Crippen molar-refractivity contribution in [1.82, 2.24) is 9.62 Å². The van der Waals surface area contributed by atoms with Crippen LogP contribution in [0, 0.1) is 5.92 Å². The number of carbonyl (C=O) groups excluding carboxylic acids is 1. The SMILES string of the molecule is CCOc1cc(C(=O)N2CCCC(CNS(C)(=O)=O)C2)ccc1OC. The molecule has 0 aromatic heterocycles. The molecule has 0 spiro atoms. The Morgan fingerprint density at radius 3 is 2.76 bits per heavy atom. The molecule has 0 radical (unpaired) electrons. The minimum atomic E-state index is -3.22. The van der Waals surface area contributed by atoms with Crippen LogP contribution in [0.15, 0.2) is 18.2 Å². The fraction of sp³-hybridized carbons (Fsp3) is 0.588. The summed E-state index contributed by atoms with van der Waals surface area (Å²) in [5, 5.41) is 0. The van der Waals surface area contributed by atoms with Crippen molar-refractivity contribution >= 4 is 15.9 Å². The van der Waals surface area contributed by atoms with Crippen molar-refractivity contribution in [2.24, 2.45) is 5.92 Å². The predicted molar refractivity (Wildman–Crippen MR) is 95.6 cm³/mol. The van der Waals surface area contributed by atoms with E-state index in [1.54, 1.807) is 30.2 Å². The van der Waals surface area contributed by atoms with Gasteiger partial charge in [0.2, 0.25) is 10.0 Å². The average molecular weight is 370 g/mol. The van der Waals surface area contributed by atoms with Gasteiger partial charge in [0.05, 0.1) is 20.0 Å². The van der Waals surface area contributed by atoms with Crippen molar-refractivity contribution in [3.05, 3.63) is 23.8 Å². The van der Waals surface area contributed by atoms with Crippen LogP contribution in [-0.4, -0.2) is 58.8 Å². The highest BCUT2D eigenvalue weighted by Crippen LogP contribution is 2.29. The zero-order valence-corrected chi connectivity index (χ0v) is 15.8. The van der Waals surface area contributed by atoms with Crippen LogP contribution in [0.25, 0.3) is 0 Å². The van der Waals surface area contributed by atoms with Crippen LogP contribution < -0.4 is 14.2 Å². The quantitative estimate of drug-likeness (QED) is 0.786. The topological polar surface area (TPSA) is 84.9 Å². The Kier molecular flexibility index (Phi) is 6.66. The molecule has 8 heteroatoms. The van der Waals surface area contributed by atoms with Crippen molar-refractivity contribution in [2.45, 2.75) is 19.8 Å². The van der Waals surface area contributed by atoms with Gasteiger partial charge in [-0.3, -0.25) is 4.79 Å². The van der Waals surface area contributed by atoms with Crippen LogP contribution >= 0.6 is 0 Å². The fourth-order valence-electron chi connectivity index (χ4n) is 2.95. The molecule has 1 aromatic carbocycles. The number of amides is 1. The summed E-state index contributed by atoms with van der Waals surface area (Å²) >= 11 is 0. The number of rotatable bonds is 7. The highest BCUT2D eigenvalue weighted by atomic mass is 32.2. The Hall–Kier alpha value is -1.80. The third-order valence-corrected chi connectivity index (χ3v) is 4.84. The first-order chi connectivity index (χ1) is 11.8. The number of hydrogen-bond acceptors (Lipinski definition) is 5. The summed E-state index contributed by atoms with van der Waals surface area (Å²) in [6.45, 7) is 3.92. The van der Waals surface area contributed by atoms with Gasteiger partial charge in [0.1, 0.15) is 0 Å². The highest BCUT2D eigenvalue weighted by Gasteiger charge is 2.25. The van der Waals surface area contributed by atoms with Crippen molar-refractivity contribution in [3.8, 4) is 11.5 Å². The van der Waals surface area contributed by atoms with E-state index in [-0.39, 0.29) is 11.8 Å². The number of sulfonamides is 1. The number of nitrogens with zero attached hydrogens (tertiary/aromatic N) is 1. The lowest BCUT2D eigenvalue weighted by Crippen LogP contribution is -2.43. The van der Waals surface area contributed by atoms with Crippen LogP contribution in [-0.2, 0) is 10.0 Å². The zero-order chi connectivity index (χ0) is 18.4. The van der Waals surface area contributed by atoms with Gasteiger partial charge < -0.3 is 14.4 Å². The van der Waals surface area contributed by atoms with Crippen molar-refractivity contribution in [3.63, 3.8) is 0 Å². The Labute approximate surface area is 149 Å². The molecule has 1 aliphatic heterocycles. The Balaban J connectivity index is 2.07. The molecule has 1 atom stereocenters. The molecule has 140 valence electrons. The summed E-state index contributed by atoms with van der Waals surface area (Å²) in [6, 6.07) is 5.15. The smallest absolute Gasteiger partial charge is 0.254 e. The van der Waals surface area contributed by atoms with Crippen LogP contribution in [0.1, 0.15) is 30.1 Å². The normalized spacial score (nSPS) is 18.0. The van der Waals surface area contributed by atoms with Gasteiger partial charge in [0, 0.05) is 25.2 Å². The molecule has 0 aliphatic carbocycles. The molecule has 1 amide bonds. The number of nitrogens with one attached hydrogen (secondary N) is 1. The lowest BCUT2D eigenvalue weighted by atomic mass is 9.97. The first-order valence-electron chi connectivity index (χ1n) is 8.38. The molecule has 25 heavy (non-hydrogen) atoms. The molecular weight excluding hydrogens is 344 g/mol. The molecule has 1 N–H and O–H groups in total. The first kappa shape index (κ1) is 19.5. The van der Waals surface area contributed by atoms with E-state index in [1.165, 1.54) is 0 Å². The van der Waals surface area contributed by atoms with Gasteiger partial charge in [-0.15, -0.1) is 0 Å². The first-order valence-corrected chi connectivity index (χ1v) is 10.3. The average Bonchev–Trinajstić information content (AvgIpc) is 2.59. The van der Waals surface area contributed by atoms with Crippen molar-refractivity contribution < 1.29 is 22.7 Å². The molecule has 1 unspecified atom stereocenters. The Morgan fingerprint density at radius 2 is 2.12 bits per heavy atom. The van der Waals surface area contributed by atoms with Gasteiger partial charge in [-0.05, 0) is 43.9 Å². The number of piperidine rings is 1. The summed E-state index contributed by atoms with van der Waals surface area (Å²) in [5.41, 5.74) is 0.543. The molecule has 7 nitrogen and oxygen atoms in total. The summed E-state index contributed by atoms with van der Waals surface area (Å²) in [6.07, 6.45) is 2.90. The summed E-state index contributed by atoms with van der Waals surface area (Å²) < 4.78 is 35.8. The van der Waals surface area contributed by atoms with E-state index in [0.717, 1.165) is 19.1 Å². The van der Waals surface area contributed by atoms with Crippen LogP contribution in [0.3, 0.4) is 0 Å². The summed E-state index contributed by atoms with van der Waals surface area (Å²) in [4.78, 5) is 14.6. The monoisotopic (exact) mass is 370 g/mol. The molecule has 1 saturated heterocycles. The molecule has 1 aliphatic rings. The Morgan fingerprint density at radius 1 is 1.36 bits per heavy atom. The minimum Gasteiger partial charge on any atom is -0.493 e. The molecule has 2 rings (SSSR count).